The fraction of sp³-hybridized carbons (Fsp3) is 0.381. The molecule has 1 saturated heterocycles. The highest BCUT2D eigenvalue weighted by Crippen LogP contribution is 2.24. The molecule has 1 aliphatic rings. The third kappa shape index (κ3) is 6.04. The van der Waals surface area contributed by atoms with E-state index in [-0.39, 0.29) is 17.6 Å². The van der Waals surface area contributed by atoms with Crippen molar-refractivity contribution in [2.75, 3.05) is 25.0 Å². The Morgan fingerprint density at radius 3 is 2.52 bits per heavy atom. The maximum Gasteiger partial charge on any atom is 0.227 e. The number of piperidine rings is 1. The highest BCUT2D eigenvalue weighted by atomic mass is 79.9. The molecule has 0 bridgehead atoms. The first-order chi connectivity index (χ1) is 13.9. The average Bonchev–Trinajstić information content (AvgIpc) is 2.70. The molecule has 0 aromatic heterocycles. The summed E-state index contributed by atoms with van der Waals surface area (Å²) in [5.74, 6) is 0.397. The molecule has 0 aliphatic carbocycles. The van der Waals surface area contributed by atoms with Gasteiger partial charge in [0, 0.05) is 35.2 Å². The van der Waals surface area contributed by atoms with Crippen LogP contribution in [0.25, 0.3) is 0 Å². The van der Waals surface area contributed by atoms with Crippen LogP contribution in [0.5, 0.6) is 5.75 Å². The number of anilines is 1. The number of sulfonamides is 1. The second-order valence-electron chi connectivity index (χ2n) is 7.01. The van der Waals surface area contributed by atoms with E-state index in [1.807, 2.05) is 37.3 Å². The van der Waals surface area contributed by atoms with Crippen LogP contribution >= 0.6 is 15.9 Å². The van der Waals surface area contributed by atoms with Crippen molar-refractivity contribution in [1.29, 1.82) is 0 Å². The number of carbonyl (C=O) groups is 1. The molecule has 1 heterocycles. The van der Waals surface area contributed by atoms with Gasteiger partial charge in [0.05, 0.1) is 12.4 Å². The van der Waals surface area contributed by atoms with Gasteiger partial charge in [0.1, 0.15) is 5.75 Å². The van der Waals surface area contributed by atoms with E-state index in [2.05, 4.69) is 21.2 Å². The van der Waals surface area contributed by atoms with Gasteiger partial charge < -0.3 is 10.1 Å². The fourth-order valence-corrected chi connectivity index (χ4v) is 5.18. The van der Waals surface area contributed by atoms with E-state index < -0.39 is 10.0 Å². The third-order valence-electron chi connectivity index (χ3n) is 4.89. The van der Waals surface area contributed by atoms with Crippen LogP contribution < -0.4 is 10.1 Å². The first-order valence-corrected chi connectivity index (χ1v) is 12.0. The molecule has 1 amide bonds. The van der Waals surface area contributed by atoms with Crippen molar-refractivity contribution >= 4 is 37.5 Å². The predicted molar refractivity (Wildman–Crippen MR) is 117 cm³/mol. The average molecular weight is 481 g/mol. The van der Waals surface area contributed by atoms with E-state index >= 15 is 0 Å². The van der Waals surface area contributed by atoms with Crippen LogP contribution in [0.2, 0.25) is 0 Å². The lowest BCUT2D eigenvalue weighted by Crippen LogP contribution is -2.41. The van der Waals surface area contributed by atoms with Crippen LogP contribution in [0.3, 0.4) is 0 Å². The summed E-state index contributed by atoms with van der Waals surface area (Å²) in [6, 6.07) is 14.6. The molecule has 2 aromatic carbocycles. The zero-order valence-corrected chi connectivity index (χ0v) is 18.7. The van der Waals surface area contributed by atoms with Gasteiger partial charge in [0.15, 0.2) is 0 Å². The van der Waals surface area contributed by atoms with Gasteiger partial charge in [-0.25, -0.2) is 12.7 Å². The Labute approximate surface area is 180 Å². The van der Waals surface area contributed by atoms with Gasteiger partial charge in [0.2, 0.25) is 15.9 Å². The smallest absolute Gasteiger partial charge is 0.227 e. The molecule has 1 fully saturated rings. The van der Waals surface area contributed by atoms with Crippen molar-refractivity contribution in [3.05, 3.63) is 58.6 Å². The molecule has 3 rings (SSSR count). The van der Waals surface area contributed by atoms with E-state index in [0.717, 1.165) is 10.0 Å². The van der Waals surface area contributed by atoms with Crippen LogP contribution in [0.1, 0.15) is 25.3 Å². The van der Waals surface area contributed by atoms with Crippen LogP contribution in [-0.4, -0.2) is 38.3 Å². The number of ether oxygens (including phenoxy) is 1. The number of rotatable bonds is 7. The molecule has 0 atom stereocenters. The number of nitrogens with one attached hydrogen (secondary N) is 1. The van der Waals surface area contributed by atoms with Crippen LogP contribution in [0.4, 0.5) is 5.69 Å². The van der Waals surface area contributed by atoms with Crippen LogP contribution in [0, 0.1) is 5.92 Å². The fourth-order valence-electron chi connectivity index (χ4n) is 3.35. The topological polar surface area (TPSA) is 75.7 Å². The van der Waals surface area contributed by atoms with Gasteiger partial charge in [-0.1, -0.05) is 34.1 Å². The summed E-state index contributed by atoms with van der Waals surface area (Å²) < 4.78 is 33.3. The highest BCUT2D eigenvalue weighted by Gasteiger charge is 2.31. The van der Waals surface area contributed by atoms with Crippen molar-refractivity contribution < 1.29 is 17.9 Å². The van der Waals surface area contributed by atoms with Crippen molar-refractivity contribution in [1.82, 2.24) is 4.31 Å². The lowest BCUT2D eigenvalue weighted by atomic mass is 9.97. The summed E-state index contributed by atoms with van der Waals surface area (Å²) in [6.07, 6.45) is 1.02. The van der Waals surface area contributed by atoms with Gasteiger partial charge in [-0.05, 0) is 49.6 Å². The molecule has 2 aromatic rings. The number of hydrogen-bond acceptors (Lipinski definition) is 4. The molecule has 6 nitrogen and oxygen atoms in total. The second-order valence-corrected chi connectivity index (χ2v) is 9.89. The molecular formula is C21H25BrN2O4S. The van der Waals surface area contributed by atoms with Gasteiger partial charge in [0.25, 0.3) is 0 Å². The molecule has 8 heteroatoms. The zero-order valence-electron chi connectivity index (χ0n) is 16.3. The first-order valence-electron chi connectivity index (χ1n) is 9.63. The monoisotopic (exact) mass is 480 g/mol. The minimum atomic E-state index is -3.40. The quantitative estimate of drug-likeness (QED) is 0.648. The maximum atomic E-state index is 12.7. The Morgan fingerprint density at radius 2 is 1.86 bits per heavy atom. The summed E-state index contributed by atoms with van der Waals surface area (Å²) >= 11 is 3.35. The van der Waals surface area contributed by atoms with E-state index in [0.29, 0.717) is 44.0 Å². The van der Waals surface area contributed by atoms with Crippen molar-refractivity contribution in [2.45, 2.75) is 25.5 Å². The van der Waals surface area contributed by atoms with E-state index in [4.69, 9.17) is 4.74 Å². The van der Waals surface area contributed by atoms with Gasteiger partial charge in [-0.15, -0.1) is 0 Å². The molecule has 1 aliphatic heterocycles. The zero-order chi connectivity index (χ0) is 20.9. The molecule has 29 heavy (non-hydrogen) atoms. The molecule has 0 saturated carbocycles. The molecule has 0 radical (unpaired) electrons. The number of nitrogens with zero attached hydrogens (tertiary/aromatic N) is 1. The standard InChI is InChI=1S/C21H25BrN2O4S/c1-2-28-20-5-3-4-19(14-20)23-21(25)17-10-12-24(13-11-17)29(26,27)15-16-6-8-18(22)9-7-16/h3-9,14,17H,2,10-13,15H2,1H3,(H,23,25). The Hall–Kier alpha value is -1.90. The Kier molecular flexibility index (Phi) is 7.32. The minimum Gasteiger partial charge on any atom is -0.494 e. The normalized spacial score (nSPS) is 15.8. The molecule has 0 spiro atoms. The number of carbonyl (C=O) groups excluding carboxylic acids is 1. The highest BCUT2D eigenvalue weighted by molar-refractivity contribution is 9.10. The lowest BCUT2D eigenvalue weighted by molar-refractivity contribution is -0.120. The summed E-state index contributed by atoms with van der Waals surface area (Å²) in [5, 5.41) is 2.92. The van der Waals surface area contributed by atoms with E-state index in [1.54, 1.807) is 18.2 Å². The van der Waals surface area contributed by atoms with Crippen LogP contribution in [-0.2, 0) is 20.6 Å². The molecular weight excluding hydrogens is 456 g/mol. The van der Waals surface area contributed by atoms with Crippen molar-refractivity contribution in [3.63, 3.8) is 0 Å². The summed E-state index contributed by atoms with van der Waals surface area (Å²) in [4.78, 5) is 12.6. The summed E-state index contributed by atoms with van der Waals surface area (Å²) in [5.41, 5.74) is 1.44. The van der Waals surface area contributed by atoms with Gasteiger partial charge >= 0.3 is 0 Å². The SMILES string of the molecule is CCOc1cccc(NC(=O)C2CCN(S(=O)(=O)Cc3ccc(Br)cc3)CC2)c1. The summed E-state index contributed by atoms with van der Waals surface area (Å²) in [7, 11) is -3.40. The predicted octanol–water partition coefficient (Wildman–Crippen LogP) is 4.03. The molecule has 156 valence electrons. The Morgan fingerprint density at radius 1 is 1.17 bits per heavy atom. The minimum absolute atomic E-state index is 0.0264. The summed E-state index contributed by atoms with van der Waals surface area (Å²) in [6.45, 7) is 3.18. The van der Waals surface area contributed by atoms with Gasteiger partial charge in [-0.2, -0.15) is 0 Å². The Balaban J connectivity index is 1.54. The number of halogens is 1. The lowest BCUT2D eigenvalue weighted by Gasteiger charge is -2.30. The maximum absolute atomic E-state index is 12.7. The Bertz CT molecular complexity index is 939. The molecule has 0 unspecified atom stereocenters. The van der Waals surface area contributed by atoms with E-state index in [9.17, 15) is 13.2 Å². The van der Waals surface area contributed by atoms with Crippen LogP contribution in [0.15, 0.2) is 53.0 Å². The first kappa shape index (κ1) is 21.8. The third-order valence-corrected chi connectivity index (χ3v) is 7.27. The van der Waals surface area contributed by atoms with Crippen molar-refractivity contribution in [2.24, 2.45) is 5.92 Å². The number of amides is 1. The van der Waals surface area contributed by atoms with Crippen molar-refractivity contribution in [3.8, 4) is 5.75 Å². The van der Waals surface area contributed by atoms with E-state index in [1.165, 1.54) is 4.31 Å². The van der Waals surface area contributed by atoms with Gasteiger partial charge in [-0.3, -0.25) is 4.79 Å². The second kappa shape index (κ2) is 9.73. The molecule has 1 N–H and O–H groups in total. The number of benzene rings is 2. The largest absolute Gasteiger partial charge is 0.494 e. The number of hydrogen-bond donors (Lipinski definition) is 1.